The first-order valence-corrected chi connectivity index (χ1v) is 8.42. The molecule has 1 aliphatic rings. The lowest BCUT2D eigenvalue weighted by Crippen LogP contribution is -2.37. The van der Waals surface area contributed by atoms with Crippen LogP contribution in [0.3, 0.4) is 0 Å². The minimum atomic E-state index is 0.341. The Balaban J connectivity index is 2.02. The summed E-state index contributed by atoms with van der Waals surface area (Å²) in [5, 5.41) is 0. The van der Waals surface area contributed by atoms with Crippen molar-refractivity contribution in [2.24, 2.45) is 17.1 Å². The molecule has 0 heterocycles. The Hall–Kier alpha value is -0.340. The molecule has 0 aliphatic heterocycles. The minimum Gasteiger partial charge on any atom is -0.330 e. The fourth-order valence-electron chi connectivity index (χ4n) is 3.49. The van der Waals surface area contributed by atoms with Gasteiger partial charge in [-0.1, -0.05) is 53.9 Å². The second kappa shape index (κ2) is 6.90. The highest BCUT2D eigenvalue weighted by Crippen LogP contribution is 2.42. The highest BCUT2D eigenvalue weighted by atomic mass is 79.9. The lowest BCUT2D eigenvalue weighted by Gasteiger charge is -2.40. The second-order valence-electron chi connectivity index (χ2n) is 6.20. The summed E-state index contributed by atoms with van der Waals surface area (Å²) in [6, 6.07) is 8.59. The normalized spacial score (nSPS) is 27.4. The van der Waals surface area contributed by atoms with E-state index in [9.17, 15) is 0 Å². The number of nitrogens with two attached hydrogens (primary N) is 1. The van der Waals surface area contributed by atoms with Crippen LogP contribution in [0.5, 0.6) is 0 Å². The first kappa shape index (κ1) is 15.1. The van der Waals surface area contributed by atoms with Gasteiger partial charge in [0, 0.05) is 4.47 Å². The molecule has 1 nitrogen and oxygen atoms in total. The van der Waals surface area contributed by atoms with Crippen LogP contribution in [0.15, 0.2) is 28.7 Å². The summed E-state index contributed by atoms with van der Waals surface area (Å²) < 4.78 is 1.23. The SMILES string of the molecule is CCCC1CCC(CN)(Cc2ccccc2Br)CC1. The Labute approximate surface area is 126 Å². The monoisotopic (exact) mass is 323 g/mol. The Bertz CT molecular complexity index is 394. The second-order valence-corrected chi connectivity index (χ2v) is 7.06. The molecule has 106 valence electrons. The van der Waals surface area contributed by atoms with Crippen molar-refractivity contribution in [2.75, 3.05) is 6.54 Å². The van der Waals surface area contributed by atoms with E-state index in [1.54, 1.807) is 0 Å². The maximum atomic E-state index is 6.14. The average molecular weight is 324 g/mol. The molecule has 0 saturated heterocycles. The van der Waals surface area contributed by atoms with E-state index in [0.717, 1.165) is 18.9 Å². The lowest BCUT2D eigenvalue weighted by atomic mass is 9.67. The van der Waals surface area contributed by atoms with Gasteiger partial charge in [0.05, 0.1) is 0 Å². The number of hydrogen-bond acceptors (Lipinski definition) is 1. The maximum absolute atomic E-state index is 6.14. The Morgan fingerprint density at radius 1 is 1.26 bits per heavy atom. The molecular formula is C17H26BrN. The molecule has 1 saturated carbocycles. The summed E-state index contributed by atoms with van der Waals surface area (Å²) in [6.07, 6.45) is 9.19. The number of hydrogen-bond donors (Lipinski definition) is 1. The first-order chi connectivity index (χ1) is 9.19. The van der Waals surface area contributed by atoms with Crippen LogP contribution >= 0.6 is 15.9 Å². The van der Waals surface area contributed by atoms with E-state index < -0.39 is 0 Å². The van der Waals surface area contributed by atoms with Gasteiger partial charge in [-0.05, 0) is 61.6 Å². The summed E-state index contributed by atoms with van der Waals surface area (Å²) in [5.41, 5.74) is 7.90. The molecule has 0 atom stereocenters. The van der Waals surface area contributed by atoms with Crippen molar-refractivity contribution in [1.82, 2.24) is 0 Å². The van der Waals surface area contributed by atoms with Crippen molar-refractivity contribution in [3.05, 3.63) is 34.3 Å². The van der Waals surface area contributed by atoms with Crippen molar-refractivity contribution >= 4 is 15.9 Å². The zero-order valence-corrected chi connectivity index (χ0v) is 13.6. The molecule has 1 aliphatic carbocycles. The van der Waals surface area contributed by atoms with Gasteiger partial charge in [-0.3, -0.25) is 0 Å². The topological polar surface area (TPSA) is 26.0 Å². The molecule has 0 bridgehead atoms. The molecule has 2 heteroatoms. The van der Waals surface area contributed by atoms with Gasteiger partial charge in [-0.25, -0.2) is 0 Å². The molecule has 0 aromatic heterocycles. The van der Waals surface area contributed by atoms with Gasteiger partial charge in [-0.15, -0.1) is 0 Å². The van der Waals surface area contributed by atoms with E-state index in [1.165, 1.54) is 48.6 Å². The minimum absolute atomic E-state index is 0.341. The molecule has 2 rings (SSSR count). The summed E-state index contributed by atoms with van der Waals surface area (Å²) in [6.45, 7) is 3.12. The molecular weight excluding hydrogens is 298 g/mol. The Morgan fingerprint density at radius 2 is 1.95 bits per heavy atom. The van der Waals surface area contributed by atoms with Crippen LogP contribution in [0.4, 0.5) is 0 Å². The quantitative estimate of drug-likeness (QED) is 0.817. The predicted octanol–water partition coefficient (Wildman–Crippen LogP) is 4.93. The third-order valence-corrected chi connectivity index (χ3v) is 5.59. The fraction of sp³-hybridized carbons (Fsp3) is 0.647. The predicted molar refractivity (Wildman–Crippen MR) is 86.2 cm³/mol. The maximum Gasteiger partial charge on any atom is 0.0207 e. The number of halogens is 1. The van der Waals surface area contributed by atoms with E-state index in [1.807, 2.05) is 0 Å². The lowest BCUT2D eigenvalue weighted by molar-refractivity contribution is 0.150. The highest BCUT2D eigenvalue weighted by Gasteiger charge is 2.34. The first-order valence-electron chi connectivity index (χ1n) is 7.62. The van der Waals surface area contributed by atoms with Gasteiger partial charge in [-0.2, -0.15) is 0 Å². The third kappa shape index (κ3) is 3.82. The van der Waals surface area contributed by atoms with Crippen molar-refractivity contribution < 1.29 is 0 Å². The molecule has 19 heavy (non-hydrogen) atoms. The molecule has 0 radical (unpaired) electrons. The van der Waals surface area contributed by atoms with E-state index >= 15 is 0 Å². The molecule has 0 spiro atoms. The Kier molecular flexibility index (Phi) is 5.47. The van der Waals surface area contributed by atoms with Gasteiger partial charge < -0.3 is 5.73 Å². The van der Waals surface area contributed by atoms with Crippen LogP contribution in [0.1, 0.15) is 51.0 Å². The Morgan fingerprint density at radius 3 is 2.53 bits per heavy atom. The van der Waals surface area contributed by atoms with Crippen molar-refractivity contribution in [2.45, 2.75) is 51.9 Å². The molecule has 1 aromatic carbocycles. The number of rotatable bonds is 5. The average Bonchev–Trinajstić information content (AvgIpc) is 2.44. The molecule has 0 unspecified atom stereocenters. The highest BCUT2D eigenvalue weighted by molar-refractivity contribution is 9.10. The van der Waals surface area contributed by atoms with Gasteiger partial charge >= 0.3 is 0 Å². The van der Waals surface area contributed by atoms with Gasteiger partial charge in [0.25, 0.3) is 0 Å². The summed E-state index contributed by atoms with van der Waals surface area (Å²) in [4.78, 5) is 0. The standard InChI is InChI=1S/C17H26BrN/c1-2-5-14-8-10-17(13-19,11-9-14)12-15-6-3-4-7-16(15)18/h3-4,6-7,14H,2,5,8-13,19H2,1H3. The third-order valence-electron chi connectivity index (χ3n) is 4.82. The van der Waals surface area contributed by atoms with Gasteiger partial charge in [0.1, 0.15) is 0 Å². The van der Waals surface area contributed by atoms with E-state index in [4.69, 9.17) is 5.73 Å². The summed E-state index contributed by atoms with van der Waals surface area (Å²) >= 11 is 3.67. The van der Waals surface area contributed by atoms with Gasteiger partial charge in [0.15, 0.2) is 0 Å². The van der Waals surface area contributed by atoms with Crippen LogP contribution in [0, 0.1) is 11.3 Å². The molecule has 1 aromatic rings. The van der Waals surface area contributed by atoms with Crippen molar-refractivity contribution in [3.63, 3.8) is 0 Å². The molecule has 1 fully saturated rings. The van der Waals surface area contributed by atoms with E-state index in [2.05, 4.69) is 47.1 Å². The van der Waals surface area contributed by atoms with Crippen LogP contribution < -0.4 is 5.73 Å². The van der Waals surface area contributed by atoms with Crippen molar-refractivity contribution in [3.8, 4) is 0 Å². The van der Waals surface area contributed by atoms with E-state index in [-0.39, 0.29) is 0 Å². The van der Waals surface area contributed by atoms with Gasteiger partial charge in [0.2, 0.25) is 0 Å². The number of benzene rings is 1. The fourth-order valence-corrected chi connectivity index (χ4v) is 3.91. The largest absolute Gasteiger partial charge is 0.330 e. The molecule has 2 N–H and O–H groups in total. The van der Waals surface area contributed by atoms with Crippen LogP contribution in [0.2, 0.25) is 0 Å². The zero-order chi connectivity index (χ0) is 13.7. The van der Waals surface area contributed by atoms with E-state index in [0.29, 0.717) is 5.41 Å². The zero-order valence-electron chi connectivity index (χ0n) is 12.0. The van der Waals surface area contributed by atoms with Crippen LogP contribution in [-0.4, -0.2) is 6.54 Å². The van der Waals surface area contributed by atoms with Crippen LogP contribution in [-0.2, 0) is 6.42 Å². The smallest absolute Gasteiger partial charge is 0.0207 e. The van der Waals surface area contributed by atoms with Crippen LogP contribution in [0.25, 0.3) is 0 Å². The molecule has 0 amide bonds. The van der Waals surface area contributed by atoms with Crippen molar-refractivity contribution in [1.29, 1.82) is 0 Å². The summed E-state index contributed by atoms with van der Waals surface area (Å²) in [7, 11) is 0. The summed E-state index contributed by atoms with van der Waals surface area (Å²) in [5.74, 6) is 0.948.